The smallest absolute Gasteiger partial charge is 0.135 e. The largest absolute Gasteiger partial charge is 0.506 e. The van der Waals surface area contributed by atoms with Gasteiger partial charge in [0.25, 0.3) is 0 Å². The number of benzene rings is 2. The third-order valence-corrected chi connectivity index (χ3v) is 3.47. The molecule has 2 aromatic carbocycles. The van der Waals surface area contributed by atoms with Gasteiger partial charge in [0.2, 0.25) is 0 Å². The van der Waals surface area contributed by atoms with Crippen molar-refractivity contribution in [1.82, 2.24) is 0 Å². The molecule has 0 atom stereocenters. The predicted molar refractivity (Wildman–Crippen MR) is 76.3 cm³/mol. The molecule has 0 aliphatic carbocycles. The molecule has 6 heteroatoms. The van der Waals surface area contributed by atoms with Crippen LogP contribution >= 0.6 is 46.4 Å². The summed E-state index contributed by atoms with van der Waals surface area (Å²) in [4.78, 5) is 0. The van der Waals surface area contributed by atoms with E-state index < -0.39 is 0 Å². The molecule has 0 aliphatic rings. The van der Waals surface area contributed by atoms with Crippen molar-refractivity contribution in [1.29, 1.82) is 0 Å². The summed E-state index contributed by atoms with van der Waals surface area (Å²) in [6.45, 7) is 0. The molecule has 2 nitrogen and oxygen atoms in total. The van der Waals surface area contributed by atoms with E-state index >= 15 is 0 Å². The molecule has 0 fully saturated rings. The molecule has 0 aliphatic heterocycles. The Labute approximate surface area is 124 Å². The zero-order valence-electron chi connectivity index (χ0n) is 8.87. The molecular formula is C12H8Cl4O2. The van der Waals surface area contributed by atoms with Crippen LogP contribution in [0.1, 0.15) is 0 Å². The summed E-state index contributed by atoms with van der Waals surface area (Å²) in [6, 6.07) is 9.53. The summed E-state index contributed by atoms with van der Waals surface area (Å²) < 4.78 is 0. The highest BCUT2D eigenvalue weighted by molar-refractivity contribution is 6.48. The lowest BCUT2D eigenvalue weighted by Crippen LogP contribution is -1.71. The molecule has 0 unspecified atom stereocenters. The van der Waals surface area contributed by atoms with Crippen molar-refractivity contribution in [2.75, 3.05) is 0 Å². The van der Waals surface area contributed by atoms with Crippen LogP contribution in [0.4, 0.5) is 0 Å². The van der Waals surface area contributed by atoms with E-state index in [0.717, 1.165) is 0 Å². The van der Waals surface area contributed by atoms with E-state index in [1.54, 1.807) is 24.3 Å². The van der Waals surface area contributed by atoms with Gasteiger partial charge in [0.15, 0.2) is 0 Å². The molecule has 0 bridgehead atoms. The lowest BCUT2D eigenvalue weighted by atomic mass is 10.3. The Morgan fingerprint density at radius 2 is 1.22 bits per heavy atom. The fraction of sp³-hybridized carbons (Fsp3) is 0. The van der Waals surface area contributed by atoms with Crippen molar-refractivity contribution in [2.24, 2.45) is 0 Å². The molecule has 0 radical (unpaired) electrons. The van der Waals surface area contributed by atoms with E-state index in [0.29, 0.717) is 10.0 Å². The average Bonchev–Trinajstić information content (AvgIpc) is 2.36. The Morgan fingerprint density at radius 1 is 0.611 bits per heavy atom. The summed E-state index contributed by atoms with van der Waals surface area (Å²) in [5, 5.41) is 18.7. The topological polar surface area (TPSA) is 40.5 Å². The molecule has 18 heavy (non-hydrogen) atoms. The van der Waals surface area contributed by atoms with E-state index in [1.165, 1.54) is 12.1 Å². The van der Waals surface area contributed by atoms with Crippen molar-refractivity contribution in [2.45, 2.75) is 0 Å². The highest BCUT2D eigenvalue weighted by Crippen LogP contribution is 2.35. The summed E-state index contributed by atoms with van der Waals surface area (Å²) in [5.74, 6) is 0.0743. The van der Waals surface area contributed by atoms with Gasteiger partial charge in [-0.05, 0) is 24.3 Å². The molecule has 0 saturated carbocycles. The molecular weight excluding hydrogens is 318 g/mol. The molecule has 96 valence electrons. The quantitative estimate of drug-likeness (QED) is 0.637. The van der Waals surface area contributed by atoms with Crippen molar-refractivity contribution in [3.05, 3.63) is 56.5 Å². The third-order valence-electron chi connectivity index (χ3n) is 1.87. The number of hydrogen-bond acceptors (Lipinski definition) is 2. The Morgan fingerprint density at radius 3 is 1.67 bits per heavy atom. The number of rotatable bonds is 0. The zero-order chi connectivity index (χ0) is 13.7. The van der Waals surface area contributed by atoms with Crippen LogP contribution in [0.5, 0.6) is 11.5 Å². The van der Waals surface area contributed by atoms with Crippen LogP contribution in [0, 0.1) is 0 Å². The fourth-order valence-corrected chi connectivity index (χ4v) is 1.63. The minimum atomic E-state index is -0.0592. The average molecular weight is 326 g/mol. The predicted octanol–water partition coefficient (Wildman–Crippen LogP) is 5.40. The second-order valence-corrected chi connectivity index (χ2v) is 4.72. The normalized spacial score (nSPS) is 9.56. The zero-order valence-corrected chi connectivity index (χ0v) is 11.9. The SMILES string of the molecule is Oc1ccc(Cl)c(Cl)c1Cl.Oc1ccccc1Cl. The lowest BCUT2D eigenvalue weighted by Gasteiger charge is -1.99. The van der Waals surface area contributed by atoms with Gasteiger partial charge >= 0.3 is 0 Å². The Kier molecular flexibility index (Phi) is 5.89. The number of phenols is 2. The van der Waals surface area contributed by atoms with Crippen LogP contribution in [0.3, 0.4) is 0 Å². The maximum atomic E-state index is 8.95. The Bertz CT molecular complexity index is 496. The number of hydrogen-bond donors (Lipinski definition) is 2. The summed E-state index contributed by atoms with van der Waals surface area (Å²) >= 11 is 22.1. The maximum Gasteiger partial charge on any atom is 0.135 e. The van der Waals surface area contributed by atoms with Crippen LogP contribution in [-0.2, 0) is 0 Å². The van der Waals surface area contributed by atoms with Gasteiger partial charge in [0.1, 0.15) is 16.5 Å². The second-order valence-electron chi connectivity index (χ2n) is 3.15. The molecule has 0 amide bonds. The molecule has 2 rings (SSSR count). The molecule has 0 aromatic heterocycles. The molecule has 0 saturated heterocycles. The van der Waals surface area contributed by atoms with Gasteiger partial charge in [-0.15, -0.1) is 0 Å². The van der Waals surface area contributed by atoms with E-state index in [1.807, 2.05) is 0 Å². The monoisotopic (exact) mass is 324 g/mol. The van der Waals surface area contributed by atoms with Gasteiger partial charge in [-0.1, -0.05) is 58.5 Å². The van der Waals surface area contributed by atoms with E-state index in [-0.39, 0.29) is 21.5 Å². The number of para-hydroxylation sites is 1. The van der Waals surface area contributed by atoms with E-state index in [4.69, 9.17) is 56.6 Å². The van der Waals surface area contributed by atoms with E-state index in [9.17, 15) is 0 Å². The second kappa shape index (κ2) is 6.95. The molecule has 2 aromatic rings. The first-order valence-electron chi connectivity index (χ1n) is 4.69. The molecule has 0 spiro atoms. The van der Waals surface area contributed by atoms with Gasteiger partial charge < -0.3 is 10.2 Å². The minimum absolute atomic E-state index is 0.0592. The Hall–Kier alpha value is -0.800. The fourth-order valence-electron chi connectivity index (χ4n) is 0.967. The van der Waals surface area contributed by atoms with Crippen LogP contribution < -0.4 is 0 Å². The van der Waals surface area contributed by atoms with Crippen molar-refractivity contribution < 1.29 is 10.2 Å². The number of aromatic hydroxyl groups is 2. The summed E-state index contributed by atoms with van der Waals surface area (Å²) in [7, 11) is 0. The van der Waals surface area contributed by atoms with E-state index in [2.05, 4.69) is 0 Å². The molecule has 2 N–H and O–H groups in total. The number of halogens is 4. The van der Waals surface area contributed by atoms with Gasteiger partial charge in [-0.3, -0.25) is 0 Å². The van der Waals surface area contributed by atoms with Crippen molar-refractivity contribution >= 4 is 46.4 Å². The first kappa shape index (κ1) is 15.3. The maximum absolute atomic E-state index is 8.95. The molecule has 0 heterocycles. The van der Waals surface area contributed by atoms with Crippen molar-refractivity contribution in [3.8, 4) is 11.5 Å². The highest BCUT2D eigenvalue weighted by Gasteiger charge is 2.06. The van der Waals surface area contributed by atoms with Crippen LogP contribution in [0.25, 0.3) is 0 Å². The minimum Gasteiger partial charge on any atom is -0.506 e. The number of phenolic OH excluding ortho intramolecular Hbond substituents is 2. The van der Waals surface area contributed by atoms with Crippen LogP contribution in [0.15, 0.2) is 36.4 Å². The van der Waals surface area contributed by atoms with Gasteiger partial charge in [-0.25, -0.2) is 0 Å². The van der Waals surface area contributed by atoms with Gasteiger partial charge in [-0.2, -0.15) is 0 Å². The highest BCUT2D eigenvalue weighted by atomic mass is 35.5. The third kappa shape index (κ3) is 4.14. The van der Waals surface area contributed by atoms with Gasteiger partial charge in [0, 0.05) is 0 Å². The summed E-state index contributed by atoms with van der Waals surface area (Å²) in [6.07, 6.45) is 0. The van der Waals surface area contributed by atoms with Crippen LogP contribution in [-0.4, -0.2) is 10.2 Å². The Balaban J connectivity index is 0.000000184. The van der Waals surface area contributed by atoms with Crippen molar-refractivity contribution in [3.63, 3.8) is 0 Å². The first-order chi connectivity index (χ1) is 8.43. The summed E-state index contributed by atoms with van der Waals surface area (Å²) in [5.41, 5.74) is 0. The van der Waals surface area contributed by atoms with Crippen LogP contribution in [0.2, 0.25) is 20.1 Å². The first-order valence-corrected chi connectivity index (χ1v) is 6.20. The van der Waals surface area contributed by atoms with Gasteiger partial charge in [0.05, 0.1) is 15.1 Å². The standard InChI is InChI=1S/C6H3Cl3O.C6H5ClO/c7-3-1-2-4(10)6(9)5(3)8;7-5-3-1-2-4-6(5)8/h1-2,10H;1-4,8H. The lowest BCUT2D eigenvalue weighted by molar-refractivity contribution is 0.475.